The Bertz CT molecular complexity index is 1070. The number of amides is 1. The van der Waals surface area contributed by atoms with E-state index < -0.39 is 17.8 Å². The summed E-state index contributed by atoms with van der Waals surface area (Å²) in [5.74, 6) is -0.391. The van der Waals surface area contributed by atoms with Crippen LogP contribution in [0.5, 0.6) is 0 Å². The normalized spacial score (nSPS) is 15.7. The average molecular weight is 438 g/mol. The molecule has 1 aromatic carbocycles. The molecule has 0 radical (unpaired) electrons. The number of carbonyl (C=O) groups is 1. The minimum Gasteiger partial charge on any atom is -0.335 e. The summed E-state index contributed by atoms with van der Waals surface area (Å²) < 4.78 is 40.6. The quantitative estimate of drug-likeness (QED) is 0.627. The van der Waals surface area contributed by atoms with Crippen LogP contribution in [0.1, 0.15) is 27.4 Å². The number of aryl methyl sites for hydroxylation is 1. The van der Waals surface area contributed by atoms with E-state index in [2.05, 4.69) is 15.0 Å². The van der Waals surface area contributed by atoms with Crippen molar-refractivity contribution in [2.24, 2.45) is 0 Å². The summed E-state index contributed by atoms with van der Waals surface area (Å²) in [5, 5.41) is 4.59. The van der Waals surface area contributed by atoms with E-state index in [0.29, 0.717) is 35.7 Å². The van der Waals surface area contributed by atoms with Crippen LogP contribution in [0.3, 0.4) is 0 Å². The van der Waals surface area contributed by atoms with Crippen molar-refractivity contribution in [1.82, 2.24) is 24.4 Å². The Hall–Kier alpha value is -2.65. The summed E-state index contributed by atoms with van der Waals surface area (Å²) in [6.45, 7) is 4.48. The van der Waals surface area contributed by atoms with Crippen molar-refractivity contribution < 1.29 is 18.0 Å². The van der Waals surface area contributed by atoms with Gasteiger partial charge in [-0.25, -0.2) is 9.50 Å². The monoisotopic (exact) mass is 437 g/mol. The zero-order valence-corrected chi connectivity index (χ0v) is 16.9. The van der Waals surface area contributed by atoms with Crippen molar-refractivity contribution in [3.05, 3.63) is 64.1 Å². The van der Waals surface area contributed by atoms with Crippen LogP contribution in [-0.4, -0.2) is 56.5 Å². The Labute approximate surface area is 175 Å². The topological polar surface area (TPSA) is 53.7 Å². The van der Waals surface area contributed by atoms with Gasteiger partial charge in [0.05, 0.1) is 0 Å². The molecule has 0 bridgehead atoms. The van der Waals surface area contributed by atoms with Crippen LogP contribution in [0.4, 0.5) is 13.2 Å². The molecule has 0 saturated carbocycles. The first kappa shape index (κ1) is 20.6. The molecule has 0 aliphatic carbocycles. The summed E-state index contributed by atoms with van der Waals surface area (Å²) in [6.07, 6.45) is -4.59. The van der Waals surface area contributed by atoms with E-state index in [4.69, 9.17) is 11.6 Å². The highest BCUT2D eigenvalue weighted by Crippen LogP contribution is 2.30. The lowest BCUT2D eigenvalue weighted by Crippen LogP contribution is -2.48. The third-order valence-corrected chi connectivity index (χ3v) is 5.30. The van der Waals surface area contributed by atoms with Crippen molar-refractivity contribution in [1.29, 1.82) is 0 Å². The number of hydrogen-bond acceptors (Lipinski definition) is 4. The SMILES string of the molecule is Cc1cc(C(F)(F)F)n2nc(C(=O)N3CCN(Cc4ccc(Cl)cc4)CC3)cc2n1. The number of alkyl halides is 3. The molecule has 10 heteroatoms. The Kier molecular flexibility index (Phi) is 5.42. The fraction of sp³-hybridized carbons (Fsp3) is 0.350. The molecule has 0 N–H and O–H groups in total. The number of carbonyl (C=O) groups excluding carboxylic acids is 1. The van der Waals surface area contributed by atoms with E-state index in [-0.39, 0.29) is 17.0 Å². The third kappa shape index (κ3) is 4.27. The first-order valence-corrected chi connectivity index (χ1v) is 9.79. The highest BCUT2D eigenvalue weighted by Gasteiger charge is 2.35. The molecular weight excluding hydrogens is 419 g/mol. The van der Waals surface area contributed by atoms with E-state index in [1.807, 2.05) is 24.3 Å². The second kappa shape index (κ2) is 7.88. The summed E-state index contributed by atoms with van der Waals surface area (Å²) in [4.78, 5) is 20.7. The zero-order chi connectivity index (χ0) is 21.5. The smallest absolute Gasteiger partial charge is 0.335 e. The zero-order valence-electron chi connectivity index (χ0n) is 16.2. The molecule has 4 rings (SSSR count). The molecule has 6 nitrogen and oxygen atoms in total. The molecule has 0 spiro atoms. The summed E-state index contributed by atoms with van der Waals surface area (Å²) in [6, 6.07) is 9.83. The summed E-state index contributed by atoms with van der Waals surface area (Å²) in [5.41, 5.74) is 0.360. The Morgan fingerprint density at radius 1 is 1.10 bits per heavy atom. The van der Waals surface area contributed by atoms with Crippen LogP contribution in [0.15, 0.2) is 36.4 Å². The van der Waals surface area contributed by atoms with Crippen molar-refractivity contribution in [2.45, 2.75) is 19.6 Å². The maximum absolute atomic E-state index is 13.3. The number of hydrogen-bond donors (Lipinski definition) is 0. The molecule has 30 heavy (non-hydrogen) atoms. The molecule has 3 heterocycles. The number of nitrogens with zero attached hydrogens (tertiary/aromatic N) is 5. The largest absolute Gasteiger partial charge is 0.433 e. The molecule has 1 aliphatic heterocycles. The standard InChI is InChI=1S/C20H19ClF3N5O/c1-13-10-17(20(22,23)24)29-18(25-13)11-16(26-29)19(30)28-8-6-27(7-9-28)12-14-2-4-15(21)5-3-14/h2-5,10-11H,6-9,12H2,1H3. The molecule has 0 unspecified atom stereocenters. The van der Waals surface area contributed by atoms with Gasteiger partial charge in [-0.2, -0.15) is 18.3 Å². The van der Waals surface area contributed by atoms with Gasteiger partial charge in [-0.15, -0.1) is 0 Å². The minimum atomic E-state index is -4.59. The highest BCUT2D eigenvalue weighted by atomic mass is 35.5. The fourth-order valence-electron chi connectivity index (χ4n) is 3.53. The predicted octanol–water partition coefficient (Wildman–Crippen LogP) is 3.67. The summed E-state index contributed by atoms with van der Waals surface area (Å²) in [7, 11) is 0. The number of benzene rings is 1. The Morgan fingerprint density at radius 3 is 2.40 bits per heavy atom. The number of fused-ring (bicyclic) bond motifs is 1. The van der Waals surface area contributed by atoms with Gasteiger partial charge in [0, 0.05) is 49.5 Å². The maximum atomic E-state index is 13.3. The minimum absolute atomic E-state index is 0.00653. The first-order chi connectivity index (χ1) is 14.2. The maximum Gasteiger partial charge on any atom is 0.433 e. The van der Waals surface area contributed by atoms with Crippen molar-refractivity contribution in [3.8, 4) is 0 Å². The number of rotatable bonds is 3. The molecule has 1 saturated heterocycles. The van der Waals surface area contributed by atoms with Gasteiger partial charge >= 0.3 is 6.18 Å². The van der Waals surface area contributed by atoms with Crippen molar-refractivity contribution in [3.63, 3.8) is 0 Å². The fourth-order valence-corrected chi connectivity index (χ4v) is 3.65. The van der Waals surface area contributed by atoms with Gasteiger partial charge in [0.1, 0.15) is 5.69 Å². The van der Waals surface area contributed by atoms with Crippen LogP contribution < -0.4 is 0 Å². The lowest BCUT2D eigenvalue weighted by molar-refractivity contribution is -0.142. The lowest BCUT2D eigenvalue weighted by atomic mass is 10.2. The highest BCUT2D eigenvalue weighted by molar-refractivity contribution is 6.30. The summed E-state index contributed by atoms with van der Waals surface area (Å²) >= 11 is 5.91. The van der Waals surface area contributed by atoms with Gasteiger partial charge in [0.15, 0.2) is 11.3 Å². The molecule has 1 aliphatic rings. The third-order valence-electron chi connectivity index (χ3n) is 5.04. The molecule has 158 valence electrons. The van der Waals surface area contributed by atoms with Crippen molar-refractivity contribution in [2.75, 3.05) is 26.2 Å². The van der Waals surface area contributed by atoms with Gasteiger partial charge in [0.2, 0.25) is 0 Å². The van der Waals surface area contributed by atoms with E-state index in [0.717, 1.165) is 18.2 Å². The van der Waals surface area contributed by atoms with Crippen LogP contribution >= 0.6 is 11.6 Å². The van der Waals surface area contributed by atoms with Gasteiger partial charge in [0.25, 0.3) is 5.91 Å². The first-order valence-electron chi connectivity index (χ1n) is 9.41. The lowest BCUT2D eigenvalue weighted by Gasteiger charge is -2.34. The molecule has 0 atom stereocenters. The second-order valence-electron chi connectivity index (χ2n) is 7.27. The van der Waals surface area contributed by atoms with E-state index in [1.54, 1.807) is 4.90 Å². The Morgan fingerprint density at radius 2 is 1.77 bits per heavy atom. The van der Waals surface area contributed by atoms with Gasteiger partial charge < -0.3 is 4.90 Å². The Balaban J connectivity index is 1.46. The van der Waals surface area contributed by atoms with Gasteiger partial charge in [-0.3, -0.25) is 9.69 Å². The van der Waals surface area contributed by atoms with Crippen LogP contribution in [0, 0.1) is 6.92 Å². The number of aromatic nitrogens is 3. The molecule has 1 fully saturated rings. The van der Waals surface area contributed by atoms with E-state index >= 15 is 0 Å². The van der Waals surface area contributed by atoms with E-state index in [9.17, 15) is 18.0 Å². The molecule has 1 amide bonds. The molecule has 3 aromatic rings. The van der Waals surface area contributed by atoms with Gasteiger partial charge in [-0.05, 0) is 30.7 Å². The predicted molar refractivity (Wildman–Crippen MR) is 105 cm³/mol. The molecule has 2 aromatic heterocycles. The van der Waals surface area contributed by atoms with Gasteiger partial charge in [-0.1, -0.05) is 23.7 Å². The average Bonchev–Trinajstić information content (AvgIpc) is 3.12. The van der Waals surface area contributed by atoms with Crippen LogP contribution in [0.25, 0.3) is 5.65 Å². The van der Waals surface area contributed by atoms with Crippen molar-refractivity contribution >= 4 is 23.2 Å². The number of piperazine rings is 1. The van der Waals surface area contributed by atoms with Crippen LogP contribution in [-0.2, 0) is 12.7 Å². The number of halogens is 4. The molecular formula is C20H19ClF3N5O. The van der Waals surface area contributed by atoms with Crippen LogP contribution in [0.2, 0.25) is 5.02 Å². The second-order valence-corrected chi connectivity index (χ2v) is 7.71. The van der Waals surface area contributed by atoms with E-state index in [1.165, 1.54) is 13.0 Å².